The molecular formula is C13H14FN5. The van der Waals surface area contributed by atoms with Gasteiger partial charge in [-0.15, -0.1) is 0 Å². The Labute approximate surface area is 109 Å². The van der Waals surface area contributed by atoms with Crippen LogP contribution in [0.5, 0.6) is 0 Å². The predicted octanol–water partition coefficient (Wildman–Crippen LogP) is 2.47. The first kappa shape index (κ1) is 11.7. The molecule has 0 aliphatic heterocycles. The van der Waals surface area contributed by atoms with Gasteiger partial charge in [-0.05, 0) is 24.6 Å². The molecule has 0 aliphatic rings. The maximum absolute atomic E-state index is 13.0. The van der Waals surface area contributed by atoms with E-state index in [1.165, 1.54) is 12.1 Å². The van der Waals surface area contributed by atoms with Crippen LogP contribution in [0.2, 0.25) is 0 Å². The fourth-order valence-electron chi connectivity index (χ4n) is 1.96. The number of anilines is 1. The van der Waals surface area contributed by atoms with Gasteiger partial charge in [-0.1, -0.05) is 0 Å². The summed E-state index contributed by atoms with van der Waals surface area (Å²) in [6, 6.07) is 4.51. The average molecular weight is 259 g/mol. The molecule has 2 heterocycles. The molecule has 0 unspecified atom stereocenters. The molecule has 0 saturated heterocycles. The van der Waals surface area contributed by atoms with Crippen molar-refractivity contribution >= 4 is 17.0 Å². The highest BCUT2D eigenvalue weighted by Crippen LogP contribution is 2.15. The molecule has 1 aromatic carbocycles. The van der Waals surface area contributed by atoms with Crippen LogP contribution in [-0.2, 0) is 6.42 Å². The van der Waals surface area contributed by atoms with Crippen LogP contribution in [0.25, 0.3) is 11.0 Å². The number of halogens is 1. The van der Waals surface area contributed by atoms with Gasteiger partial charge in [0.05, 0.1) is 11.0 Å². The van der Waals surface area contributed by atoms with Crippen LogP contribution < -0.4 is 5.32 Å². The van der Waals surface area contributed by atoms with Crippen molar-refractivity contribution in [3.05, 3.63) is 42.2 Å². The number of aromatic amines is 2. The van der Waals surface area contributed by atoms with Crippen LogP contribution in [0.1, 0.15) is 12.2 Å². The summed E-state index contributed by atoms with van der Waals surface area (Å²) in [5.74, 6) is 1.38. The molecule has 0 aliphatic carbocycles. The predicted molar refractivity (Wildman–Crippen MR) is 71.5 cm³/mol. The summed E-state index contributed by atoms with van der Waals surface area (Å²) in [4.78, 5) is 14.6. The molecule has 98 valence electrons. The summed E-state index contributed by atoms with van der Waals surface area (Å²) >= 11 is 0. The standard InChI is InChI=1S/C13H14FN5/c14-9-3-4-10-11(8-9)19-13(18-10)17-5-1-2-12-15-6-7-16-12/h3-4,6-8H,1-2,5H2,(H,15,16)(H2,17,18,19). The molecule has 3 N–H and O–H groups in total. The molecule has 0 fully saturated rings. The number of benzene rings is 1. The van der Waals surface area contributed by atoms with Gasteiger partial charge >= 0.3 is 0 Å². The summed E-state index contributed by atoms with van der Waals surface area (Å²) in [6.45, 7) is 0.781. The van der Waals surface area contributed by atoms with Crippen molar-refractivity contribution < 1.29 is 4.39 Å². The molecule has 3 rings (SSSR count). The minimum Gasteiger partial charge on any atom is -0.356 e. The van der Waals surface area contributed by atoms with E-state index in [1.807, 2.05) is 6.20 Å². The number of hydrogen-bond donors (Lipinski definition) is 3. The largest absolute Gasteiger partial charge is 0.356 e. The summed E-state index contributed by atoms with van der Waals surface area (Å²) in [7, 11) is 0. The van der Waals surface area contributed by atoms with Gasteiger partial charge in [-0.25, -0.2) is 14.4 Å². The molecule has 2 aromatic heterocycles. The summed E-state index contributed by atoms with van der Waals surface area (Å²) in [5.41, 5.74) is 1.46. The zero-order valence-corrected chi connectivity index (χ0v) is 10.3. The first-order chi connectivity index (χ1) is 9.31. The van der Waals surface area contributed by atoms with Crippen LogP contribution in [-0.4, -0.2) is 26.5 Å². The lowest BCUT2D eigenvalue weighted by molar-refractivity contribution is 0.629. The molecule has 0 saturated carbocycles. The van der Waals surface area contributed by atoms with Crippen molar-refractivity contribution in [2.45, 2.75) is 12.8 Å². The van der Waals surface area contributed by atoms with Crippen LogP contribution in [0, 0.1) is 5.82 Å². The van der Waals surface area contributed by atoms with Crippen molar-refractivity contribution in [3.63, 3.8) is 0 Å². The van der Waals surface area contributed by atoms with Crippen molar-refractivity contribution in [2.24, 2.45) is 0 Å². The van der Waals surface area contributed by atoms with Crippen LogP contribution in [0.3, 0.4) is 0 Å². The summed E-state index contributed by atoms with van der Waals surface area (Å²) < 4.78 is 13.0. The van der Waals surface area contributed by atoms with Gasteiger partial charge in [0.1, 0.15) is 11.6 Å². The van der Waals surface area contributed by atoms with Crippen molar-refractivity contribution in [2.75, 3.05) is 11.9 Å². The molecule has 0 atom stereocenters. The number of fused-ring (bicyclic) bond motifs is 1. The monoisotopic (exact) mass is 259 g/mol. The molecule has 0 radical (unpaired) electrons. The lowest BCUT2D eigenvalue weighted by Crippen LogP contribution is -2.04. The van der Waals surface area contributed by atoms with E-state index in [4.69, 9.17) is 0 Å². The topological polar surface area (TPSA) is 69.4 Å². The minimum absolute atomic E-state index is 0.263. The number of rotatable bonds is 5. The molecule has 3 aromatic rings. The van der Waals surface area contributed by atoms with Gasteiger partial charge in [0, 0.05) is 25.4 Å². The second-order valence-electron chi connectivity index (χ2n) is 4.31. The Hall–Kier alpha value is -2.37. The number of hydrogen-bond acceptors (Lipinski definition) is 3. The number of aromatic nitrogens is 4. The quantitative estimate of drug-likeness (QED) is 0.616. The van der Waals surface area contributed by atoms with Crippen LogP contribution >= 0.6 is 0 Å². The normalized spacial score (nSPS) is 11.0. The van der Waals surface area contributed by atoms with Crippen LogP contribution in [0.15, 0.2) is 30.6 Å². The van der Waals surface area contributed by atoms with Crippen molar-refractivity contribution in [3.8, 4) is 0 Å². The van der Waals surface area contributed by atoms with E-state index in [0.717, 1.165) is 30.7 Å². The molecule has 0 amide bonds. The molecule has 0 spiro atoms. The Morgan fingerprint density at radius 3 is 3.11 bits per heavy atom. The fourth-order valence-corrected chi connectivity index (χ4v) is 1.96. The highest BCUT2D eigenvalue weighted by molar-refractivity contribution is 5.77. The van der Waals surface area contributed by atoms with E-state index >= 15 is 0 Å². The molecule has 6 heteroatoms. The van der Waals surface area contributed by atoms with Gasteiger partial charge in [0.2, 0.25) is 5.95 Å². The van der Waals surface area contributed by atoms with Gasteiger partial charge in [0.25, 0.3) is 0 Å². The Bertz CT molecular complexity index is 659. The molecule has 0 bridgehead atoms. The lowest BCUT2D eigenvalue weighted by atomic mass is 10.3. The zero-order valence-electron chi connectivity index (χ0n) is 10.3. The van der Waals surface area contributed by atoms with E-state index < -0.39 is 0 Å². The van der Waals surface area contributed by atoms with Crippen LogP contribution in [0.4, 0.5) is 10.3 Å². The second-order valence-corrected chi connectivity index (χ2v) is 4.31. The number of nitrogens with zero attached hydrogens (tertiary/aromatic N) is 2. The Morgan fingerprint density at radius 1 is 1.32 bits per heavy atom. The van der Waals surface area contributed by atoms with Gasteiger partial charge in [0.15, 0.2) is 0 Å². The third-order valence-corrected chi connectivity index (χ3v) is 2.88. The Kier molecular flexibility index (Phi) is 3.14. The molecular weight excluding hydrogens is 245 g/mol. The first-order valence-corrected chi connectivity index (χ1v) is 6.19. The minimum atomic E-state index is -0.263. The second kappa shape index (κ2) is 5.09. The van der Waals surface area contributed by atoms with E-state index in [9.17, 15) is 4.39 Å². The van der Waals surface area contributed by atoms with Gasteiger partial charge in [-0.2, -0.15) is 0 Å². The average Bonchev–Trinajstić information content (AvgIpc) is 3.02. The van der Waals surface area contributed by atoms with Gasteiger partial charge < -0.3 is 15.3 Å². The Balaban J connectivity index is 1.56. The zero-order chi connectivity index (χ0) is 13.1. The third kappa shape index (κ3) is 2.73. The molecule has 5 nitrogen and oxygen atoms in total. The van der Waals surface area contributed by atoms with E-state index in [1.54, 1.807) is 12.3 Å². The fraction of sp³-hybridized carbons (Fsp3) is 0.231. The van der Waals surface area contributed by atoms with Crippen molar-refractivity contribution in [1.29, 1.82) is 0 Å². The number of nitrogens with one attached hydrogen (secondary N) is 3. The van der Waals surface area contributed by atoms with E-state index in [0.29, 0.717) is 11.5 Å². The number of imidazole rings is 2. The Morgan fingerprint density at radius 2 is 2.26 bits per heavy atom. The number of aryl methyl sites for hydroxylation is 1. The third-order valence-electron chi connectivity index (χ3n) is 2.88. The SMILES string of the molecule is Fc1ccc2nc(NCCCc3ncc[nH]3)[nH]c2c1. The molecule has 19 heavy (non-hydrogen) atoms. The van der Waals surface area contributed by atoms with E-state index in [2.05, 4.69) is 25.3 Å². The maximum Gasteiger partial charge on any atom is 0.201 e. The maximum atomic E-state index is 13.0. The summed E-state index contributed by atoms with van der Waals surface area (Å²) in [6.07, 6.45) is 5.39. The van der Waals surface area contributed by atoms with Crippen molar-refractivity contribution in [1.82, 2.24) is 19.9 Å². The summed E-state index contributed by atoms with van der Waals surface area (Å²) in [5, 5.41) is 3.19. The first-order valence-electron chi connectivity index (χ1n) is 6.19. The lowest BCUT2D eigenvalue weighted by Gasteiger charge is -2.00. The van der Waals surface area contributed by atoms with Gasteiger partial charge in [-0.3, -0.25) is 0 Å². The van der Waals surface area contributed by atoms with E-state index in [-0.39, 0.29) is 5.82 Å². The highest BCUT2D eigenvalue weighted by Gasteiger charge is 2.03. The highest BCUT2D eigenvalue weighted by atomic mass is 19.1. The smallest absolute Gasteiger partial charge is 0.201 e. The number of H-pyrrole nitrogens is 2.